The van der Waals surface area contributed by atoms with E-state index in [0.29, 0.717) is 28.9 Å². The molecule has 3 aliphatic heterocycles. The maximum Gasteiger partial charge on any atom is 0.305 e. The van der Waals surface area contributed by atoms with Crippen molar-refractivity contribution in [2.45, 2.75) is 128 Å². The molecule has 2 spiro atoms. The quantitative estimate of drug-likeness (QED) is 0.131. The van der Waals surface area contributed by atoms with Gasteiger partial charge in [0.15, 0.2) is 18.2 Å². The van der Waals surface area contributed by atoms with Crippen molar-refractivity contribution in [2.75, 3.05) is 7.11 Å². The summed E-state index contributed by atoms with van der Waals surface area (Å²) in [4.78, 5) is 31.5. The van der Waals surface area contributed by atoms with Crippen LogP contribution in [0.15, 0.2) is 60.7 Å². The Morgan fingerprint density at radius 3 is 1.70 bits per heavy atom. The molecule has 5 aliphatic rings. The lowest BCUT2D eigenvalue weighted by atomic mass is 9.69. The number of hydrogen-bond donors (Lipinski definition) is 0. The second-order valence-corrected chi connectivity index (χ2v) is 16.4. The summed E-state index contributed by atoms with van der Waals surface area (Å²) in [6.45, 7) is 8.41. The molecule has 4 aromatic rings. The Bertz CT molecular complexity index is 2140. The average Bonchev–Trinajstić information content (AvgIpc) is 3.68. The van der Waals surface area contributed by atoms with Gasteiger partial charge >= 0.3 is 11.9 Å². The van der Waals surface area contributed by atoms with Crippen LogP contribution in [0.5, 0.6) is 11.5 Å². The van der Waals surface area contributed by atoms with E-state index < -0.39 is 47.6 Å². The zero-order valence-electron chi connectivity index (χ0n) is 31.9. The van der Waals surface area contributed by atoms with Crippen LogP contribution in [0.3, 0.4) is 0 Å². The number of pyridine rings is 2. The second kappa shape index (κ2) is 15.7. The van der Waals surface area contributed by atoms with Gasteiger partial charge in [-0.05, 0) is 62.4 Å². The van der Waals surface area contributed by atoms with Crippen LogP contribution in [0.2, 0.25) is 10.3 Å². The molecule has 306 valence electrons. The van der Waals surface area contributed by atoms with E-state index in [1.165, 1.54) is 13.8 Å². The Morgan fingerprint density at radius 1 is 0.702 bits per heavy atom. The Kier molecular flexibility index (Phi) is 11.4. The van der Waals surface area contributed by atoms with Crippen molar-refractivity contribution in [3.8, 4) is 11.5 Å². The van der Waals surface area contributed by atoms with Gasteiger partial charge in [-0.1, -0.05) is 37.6 Å². The van der Waals surface area contributed by atoms with Gasteiger partial charge in [0.25, 0.3) is 0 Å². The summed E-state index contributed by atoms with van der Waals surface area (Å²) >= 11 is 12.0. The first kappa shape index (κ1) is 41.3. The average molecular weight is 828 g/mol. The Labute approximate surface area is 341 Å². The minimum absolute atomic E-state index is 0. The van der Waals surface area contributed by atoms with Crippen LogP contribution in [-0.4, -0.2) is 89.1 Å². The molecule has 2 saturated carbocycles. The molecule has 0 radical (unpaired) electrons. The number of hydrogen-bond acceptors (Lipinski definition) is 13. The van der Waals surface area contributed by atoms with Crippen LogP contribution in [0.4, 0.5) is 0 Å². The fourth-order valence-corrected chi connectivity index (χ4v) is 8.86. The fraction of sp³-hybridized carbons (Fsp3) is 0.524. The SMILES string of the molecule is C.CC(=O)OC1OC2(CC(Oc3ccc4ccc(Cl)nc4c3)C2)[C@@H](C)C1OC(C)=O.CO[C@@H]1OC2(CC(Oc3ccc4ccc(Cl)nc4c3)C2)[C@H]2OC(C)(C)O[C@@H]12. The summed E-state index contributed by atoms with van der Waals surface area (Å²) in [5.74, 6) is -0.199. The number of fused-ring (bicyclic) bond motifs is 4. The van der Waals surface area contributed by atoms with Gasteiger partial charge in [0.05, 0.1) is 16.6 Å². The van der Waals surface area contributed by atoms with Gasteiger partial charge in [-0.3, -0.25) is 9.59 Å². The first-order chi connectivity index (χ1) is 26.6. The van der Waals surface area contributed by atoms with E-state index >= 15 is 0 Å². The number of benzene rings is 2. The molecular weight excluding hydrogens is 779 g/mol. The molecule has 5 heterocycles. The molecule has 9 rings (SSSR count). The summed E-state index contributed by atoms with van der Waals surface area (Å²) in [7, 11) is 1.63. The van der Waals surface area contributed by atoms with Crippen molar-refractivity contribution in [1.82, 2.24) is 9.97 Å². The fourth-order valence-electron chi connectivity index (χ4n) is 8.55. The van der Waals surface area contributed by atoms with Gasteiger partial charge in [0, 0.05) is 75.5 Å². The molecule has 15 heteroatoms. The Hall–Kier alpha value is -3.82. The Morgan fingerprint density at radius 2 is 1.19 bits per heavy atom. The number of aromatic nitrogens is 2. The van der Waals surface area contributed by atoms with Crippen molar-refractivity contribution in [2.24, 2.45) is 5.92 Å². The largest absolute Gasteiger partial charge is 0.490 e. The summed E-state index contributed by atoms with van der Waals surface area (Å²) in [5, 5.41) is 2.91. The van der Waals surface area contributed by atoms with E-state index in [-0.39, 0.29) is 37.8 Å². The number of esters is 2. The highest BCUT2D eigenvalue weighted by Gasteiger charge is 2.68. The molecule has 3 saturated heterocycles. The molecule has 6 atom stereocenters. The molecule has 2 aromatic carbocycles. The lowest BCUT2D eigenvalue weighted by Crippen LogP contribution is -2.57. The first-order valence-corrected chi connectivity index (χ1v) is 19.4. The van der Waals surface area contributed by atoms with Gasteiger partial charge in [-0.15, -0.1) is 0 Å². The molecule has 13 nitrogen and oxygen atoms in total. The van der Waals surface area contributed by atoms with Gasteiger partial charge in [-0.25, -0.2) is 9.97 Å². The number of halogens is 2. The lowest BCUT2D eigenvalue weighted by Gasteiger charge is -2.46. The maximum absolute atomic E-state index is 11.5. The standard InChI is InChI=1S/C21H22ClNO6.C20H22ClNO5.CH4/c1-11-19(26-12(2)24)20(27-13(3)25)29-21(11)9-16(10-21)28-15-6-4-14-5-7-18(22)23-17(14)8-15;1-19(2)25-16-17(26-19)20(27-18(16)23-3)9-13(10-20)24-12-6-4-11-5-7-15(21)22-14(11)8-12;/h4-8,11,16,19-20H,9-10H2,1-3H3;4-8,13,16-18H,9-10H2,1-3H3;1H4/t11-,16?,19?,20?,21?;13?,16-,17+,18-,20?;/m01./s1. The summed E-state index contributed by atoms with van der Waals surface area (Å²) in [5.41, 5.74) is 0.616. The van der Waals surface area contributed by atoms with E-state index in [0.717, 1.165) is 40.4 Å². The summed E-state index contributed by atoms with van der Waals surface area (Å²) in [6, 6.07) is 18.9. The maximum atomic E-state index is 11.5. The zero-order chi connectivity index (χ0) is 39.6. The van der Waals surface area contributed by atoms with Crippen molar-refractivity contribution in [3.05, 3.63) is 71.0 Å². The number of carbonyl (C=O) groups excluding carboxylic acids is 2. The number of nitrogens with zero attached hydrogens (tertiary/aromatic N) is 2. The van der Waals surface area contributed by atoms with E-state index in [4.69, 9.17) is 65.8 Å². The lowest BCUT2D eigenvalue weighted by molar-refractivity contribution is -0.275. The third-order valence-corrected chi connectivity index (χ3v) is 11.6. The van der Waals surface area contributed by atoms with Crippen molar-refractivity contribution < 1.29 is 52.2 Å². The van der Waals surface area contributed by atoms with E-state index in [1.54, 1.807) is 19.2 Å². The summed E-state index contributed by atoms with van der Waals surface area (Å²) in [6.07, 6.45) is 0.340. The second-order valence-electron chi connectivity index (χ2n) is 15.6. The third-order valence-electron chi connectivity index (χ3n) is 11.2. The molecule has 57 heavy (non-hydrogen) atoms. The van der Waals surface area contributed by atoms with Crippen LogP contribution in [-0.2, 0) is 42.7 Å². The minimum atomic E-state index is -0.903. The highest BCUT2D eigenvalue weighted by atomic mass is 35.5. The van der Waals surface area contributed by atoms with Gasteiger partial charge in [-0.2, -0.15) is 0 Å². The smallest absolute Gasteiger partial charge is 0.305 e. The monoisotopic (exact) mass is 826 g/mol. The van der Waals surface area contributed by atoms with Crippen molar-refractivity contribution >= 4 is 56.9 Å². The van der Waals surface area contributed by atoms with Crippen LogP contribution in [0, 0.1) is 5.92 Å². The Balaban J connectivity index is 0.000000171. The number of methoxy groups -OCH3 is 1. The molecule has 2 unspecified atom stereocenters. The molecule has 2 aliphatic carbocycles. The van der Waals surface area contributed by atoms with Gasteiger partial charge in [0.1, 0.15) is 51.8 Å². The zero-order valence-corrected chi connectivity index (χ0v) is 33.4. The van der Waals surface area contributed by atoms with E-state index in [2.05, 4.69) is 9.97 Å². The first-order valence-electron chi connectivity index (χ1n) is 18.7. The van der Waals surface area contributed by atoms with Crippen LogP contribution < -0.4 is 9.47 Å². The minimum Gasteiger partial charge on any atom is -0.490 e. The highest BCUT2D eigenvalue weighted by molar-refractivity contribution is 6.30. The summed E-state index contributed by atoms with van der Waals surface area (Å²) < 4.78 is 52.7. The van der Waals surface area contributed by atoms with Crippen molar-refractivity contribution in [1.29, 1.82) is 0 Å². The predicted octanol–water partition coefficient (Wildman–Crippen LogP) is 7.98. The van der Waals surface area contributed by atoms with Gasteiger partial charge in [0.2, 0.25) is 6.29 Å². The number of rotatable bonds is 7. The highest BCUT2D eigenvalue weighted by Crippen LogP contribution is 2.54. The van der Waals surface area contributed by atoms with E-state index in [1.807, 2.05) is 69.3 Å². The molecule has 2 aromatic heterocycles. The topological polar surface area (TPSA) is 143 Å². The van der Waals surface area contributed by atoms with Gasteiger partial charge < -0.3 is 42.6 Å². The van der Waals surface area contributed by atoms with E-state index in [9.17, 15) is 9.59 Å². The number of carbonyl (C=O) groups is 2. The van der Waals surface area contributed by atoms with Crippen LogP contribution >= 0.6 is 23.2 Å². The molecule has 0 amide bonds. The molecule has 0 N–H and O–H groups in total. The molecular formula is C42H48Cl2N2O11. The third kappa shape index (κ3) is 8.25. The van der Waals surface area contributed by atoms with Crippen molar-refractivity contribution in [3.63, 3.8) is 0 Å². The molecule has 0 bridgehead atoms. The van der Waals surface area contributed by atoms with Crippen LogP contribution in [0.1, 0.15) is 67.7 Å². The molecule has 5 fully saturated rings. The van der Waals surface area contributed by atoms with Crippen LogP contribution in [0.25, 0.3) is 21.8 Å². The normalized spacial score (nSPS) is 33.1. The number of ether oxygens (including phenoxy) is 9. The predicted molar refractivity (Wildman–Crippen MR) is 210 cm³/mol.